The second kappa shape index (κ2) is 6.80. The Labute approximate surface area is 106 Å². The highest BCUT2D eigenvalue weighted by Gasteiger charge is 2.20. The number of aryl methyl sites for hydroxylation is 1. The molecule has 0 radical (unpaired) electrons. The van der Waals surface area contributed by atoms with Gasteiger partial charge >= 0.3 is 0 Å². The van der Waals surface area contributed by atoms with E-state index in [0.29, 0.717) is 6.04 Å². The zero-order valence-corrected chi connectivity index (χ0v) is 11.0. The minimum Gasteiger partial charge on any atom is -0.314 e. The van der Waals surface area contributed by atoms with E-state index in [1.807, 2.05) is 0 Å². The number of hydrogen-bond acceptors (Lipinski definition) is 1. The van der Waals surface area contributed by atoms with Gasteiger partial charge in [-0.3, -0.25) is 0 Å². The van der Waals surface area contributed by atoms with Gasteiger partial charge in [0, 0.05) is 6.04 Å². The van der Waals surface area contributed by atoms with Gasteiger partial charge < -0.3 is 5.32 Å². The summed E-state index contributed by atoms with van der Waals surface area (Å²) in [5.74, 6) is 0.937. The summed E-state index contributed by atoms with van der Waals surface area (Å²) in [4.78, 5) is 0. The molecule has 17 heavy (non-hydrogen) atoms. The van der Waals surface area contributed by atoms with Crippen LogP contribution in [0.5, 0.6) is 0 Å². The zero-order valence-electron chi connectivity index (χ0n) is 11.0. The van der Waals surface area contributed by atoms with Crippen LogP contribution in [0.25, 0.3) is 0 Å². The van der Waals surface area contributed by atoms with Gasteiger partial charge in [-0.25, -0.2) is 0 Å². The van der Waals surface area contributed by atoms with E-state index < -0.39 is 0 Å². The molecular weight excluding hydrogens is 206 g/mol. The topological polar surface area (TPSA) is 12.0 Å². The molecule has 0 amide bonds. The lowest BCUT2D eigenvalue weighted by Gasteiger charge is -2.20. The Morgan fingerprint density at radius 2 is 1.88 bits per heavy atom. The van der Waals surface area contributed by atoms with Gasteiger partial charge in [0.25, 0.3) is 0 Å². The molecule has 0 aromatic heterocycles. The summed E-state index contributed by atoms with van der Waals surface area (Å²) in [6, 6.07) is 11.5. The molecule has 2 rings (SSSR count). The molecule has 1 fully saturated rings. The first-order valence-corrected chi connectivity index (χ1v) is 7.13. The van der Waals surface area contributed by atoms with E-state index in [0.717, 1.165) is 12.5 Å². The van der Waals surface area contributed by atoms with E-state index in [4.69, 9.17) is 0 Å². The van der Waals surface area contributed by atoms with Crippen LogP contribution in [0, 0.1) is 5.92 Å². The molecule has 1 saturated carbocycles. The van der Waals surface area contributed by atoms with E-state index >= 15 is 0 Å². The standard InChI is InChI=1S/C16H25N/c1-14(16-11-5-6-12-16)17-13-7-10-15-8-3-2-4-9-15/h2-4,8-9,14,16-17H,5-7,10-13H2,1H3/t14-/m0/s1. The van der Waals surface area contributed by atoms with Crippen molar-refractivity contribution in [3.63, 3.8) is 0 Å². The molecule has 0 unspecified atom stereocenters. The quantitative estimate of drug-likeness (QED) is 0.735. The van der Waals surface area contributed by atoms with Crippen LogP contribution >= 0.6 is 0 Å². The zero-order chi connectivity index (χ0) is 11.9. The van der Waals surface area contributed by atoms with Gasteiger partial charge in [0.05, 0.1) is 0 Å². The second-order valence-corrected chi connectivity index (χ2v) is 5.38. The van der Waals surface area contributed by atoms with Gasteiger partial charge in [0.2, 0.25) is 0 Å². The van der Waals surface area contributed by atoms with E-state index in [9.17, 15) is 0 Å². The van der Waals surface area contributed by atoms with Crippen molar-refractivity contribution in [3.8, 4) is 0 Å². The van der Waals surface area contributed by atoms with Gasteiger partial charge in [-0.1, -0.05) is 43.2 Å². The molecule has 0 aliphatic heterocycles. The van der Waals surface area contributed by atoms with Crippen molar-refractivity contribution in [2.75, 3.05) is 6.54 Å². The molecule has 1 aromatic carbocycles. The molecule has 1 atom stereocenters. The molecule has 94 valence electrons. The van der Waals surface area contributed by atoms with Crippen LogP contribution in [0.15, 0.2) is 30.3 Å². The molecule has 0 bridgehead atoms. The average Bonchev–Trinajstić information content (AvgIpc) is 2.89. The van der Waals surface area contributed by atoms with Crippen molar-refractivity contribution in [1.29, 1.82) is 0 Å². The highest BCUT2D eigenvalue weighted by Crippen LogP contribution is 2.27. The van der Waals surface area contributed by atoms with Gasteiger partial charge in [-0.05, 0) is 50.6 Å². The molecule has 1 aliphatic carbocycles. The van der Waals surface area contributed by atoms with Crippen LogP contribution in [-0.4, -0.2) is 12.6 Å². The molecule has 1 aliphatic rings. The van der Waals surface area contributed by atoms with E-state index in [2.05, 4.69) is 42.6 Å². The Balaban J connectivity index is 1.59. The lowest BCUT2D eigenvalue weighted by atomic mass is 9.99. The maximum Gasteiger partial charge on any atom is 0.00669 e. The predicted octanol–water partition coefficient (Wildman–Crippen LogP) is 3.79. The fraction of sp³-hybridized carbons (Fsp3) is 0.625. The Morgan fingerprint density at radius 3 is 2.59 bits per heavy atom. The van der Waals surface area contributed by atoms with Gasteiger partial charge in [-0.15, -0.1) is 0 Å². The Kier molecular flexibility index (Phi) is 5.06. The highest BCUT2D eigenvalue weighted by atomic mass is 14.9. The van der Waals surface area contributed by atoms with Crippen LogP contribution in [0.4, 0.5) is 0 Å². The van der Waals surface area contributed by atoms with Gasteiger partial charge in [-0.2, -0.15) is 0 Å². The summed E-state index contributed by atoms with van der Waals surface area (Å²) >= 11 is 0. The molecular formula is C16H25N. The van der Waals surface area contributed by atoms with E-state index in [1.54, 1.807) is 0 Å². The maximum absolute atomic E-state index is 3.69. The van der Waals surface area contributed by atoms with Gasteiger partial charge in [0.15, 0.2) is 0 Å². The summed E-state index contributed by atoms with van der Waals surface area (Å²) < 4.78 is 0. The average molecular weight is 231 g/mol. The third-order valence-corrected chi connectivity index (χ3v) is 4.06. The van der Waals surface area contributed by atoms with Crippen molar-refractivity contribution in [2.24, 2.45) is 5.92 Å². The summed E-state index contributed by atoms with van der Waals surface area (Å²) in [7, 11) is 0. The molecule has 1 nitrogen and oxygen atoms in total. The fourth-order valence-electron chi connectivity index (χ4n) is 2.89. The molecule has 1 heteroatoms. The van der Waals surface area contributed by atoms with Gasteiger partial charge in [0.1, 0.15) is 0 Å². The van der Waals surface area contributed by atoms with Crippen LogP contribution in [0.2, 0.25) is 0 Å². The maximum atomic E-state index is 3.69. The van der Waals surface area contributed by atoms with Crippen molar-refractivity contribution in [2.45, 2.75) is 51.5 Å². The summed E-state index contributed by atoms with van der Waals surface area (Å²) in [5, 5.41) is 3.69. The van der Waals surface area contributed by atoms with Crippen LogP contribution in [0.1, 0.15) is 44.6 Å². The minimum atomic E-state index is 0.716. The number of hydrogen-bond donors (Lipinski definition) is 1. The monoisotopic (exact) mass is 231 g/mol. The first-order valence-electron chi connectivity index (χ1n) is 7.13. The Hall–Kier alpha value is -0.820. The SMILES string of the molecule is C[C@H](NCCCc1ccccc1)C1CCCC1. The molecule has 0 saturated heterocycles. The third-order valence-electron chi connectivity index (χ3n) is 4.06. The van der Waals surface area contributed by atoms with Crippen LogP contribution in [0.3, 0.4) is 0 Å². The van der Waals surface area contributed by atoms with Crippen LogP contribution in [-0.2, 0) is 6.42 Å². The summed E-state index contributed by atoms with van der Waals surface area (Å²) in [5.41, 5.74) is 1.46. The fourth-order valence-corrected chi connectivity index (χ4v) is 2.89. The minimum absolute atomic E-state index is 0.716. The Bertz CT molecular complexity index is 301. The number of benzene rings is 1. The predicted molar refractivity (Wildman–Crippen MR) is 74.2 cm³/mol. The summed E-state index contributed by atoms with van der Waals surface area (Å²) in [6.07, 6.45) is 8.22. The van der Waals surface area contributed by atoms with Crippen molar-refractivity contribution in [1.82, 2.24) is 5.32 Å². The molecule has 1 aromatic rings. The lowest BCUT2D eigenvalue weighted by Crippen LogP contribution is -2.33. The first-order chi connectivity index (χ1) is 8.36. The van der Waals surface area contributed by atoms with Crippen LogP contribution < -0.4 is 5.32 Å². The van der Waals surface area contributed by atoms with Crippen molar-refractivity contribution < 1.29 is 0 Å². The third kappa shape index (κ3) is 4.16. The van der Waals surface area contributed by atoms with E-state index in [-0.39, 0.29) is 0 Å². The molecule has 0 spiro atoms. The molecule has 0 heterocycles. The second-order valence-electron chi connectivity index (χ2n) is 5.38. The largest absolute Gasteiger partial charge is 0.314 e. The first kappa shape index (κ1) is 12.6. The number of rotatable bonds is 6. The van der Waals surface area contributed by atoms with Crippen molar-refractivity contribution in [3.05, 3.63) is 35.9 Å². The number of nitrogens with one attached hydrogen (secondary N) is 1. The van der Waals surface area contributed by atoms with Crippen molar-refractivity contribution >= 4 is 0 Å². The smallest absolute Gasteiger partial charge is 0.00669 e. The summed E-state index contributed by atoms with van der Waals surface area (Å²) in [6.45, 7) is 3.52. The van der Waals surface area contributed by atoms with E-state index in [1.165, 1.54) is 44.1 Å². The normalized spacial score (nSPS) is 18.4. The highest BCUT2D eigenvalue weighted by molar-refractivity contribution is 5.14. The molecule has 1 N–H and O–H groups in total. The Morgan fingerprint density at radius 1 is 1.18 bits per heavy atom. The lowest BCUT2D eigenvalue weighted by molar-refractivity contribution is 0.380.